The van der Waals surface area contributed by atoms with Crippen LogP contribution in [0.15, 0.2) is 30.3 Å². The molecule has 1 spiro atoms. The lowest BCUT2D eigenvalue weighted by Gasteiger charge is -2.36. The molecule has 4 aliphatic heterocycles. The lowest BCUT2D eigenvalue weighted by atomic mass is 9.75. The molecule has 180 valence electrons. The first-order valence-corrected chi connectivity index (χ1v) is 11.7. The lowest BCUT2D eigenvalue weighted by molar-refractivity contribution is -0.385. The largest absolute Gasteiger partial charge is 0.490 e. The molecule has 35 heavy (non-hydrogen) atoms. The monoisotopic (exact) mass is 496 g/mol. The van der Waals surface area contributed by atoms with Crippen molar-refractivity contribution in [3.8, 4) is 5.75 Å². The lowest BCUT2D eigenvalue weighted by Crippen LogP contribution is -2.54. The minimum Gasteiger partial charge on any atom is -0.490 e. The summed E-state index contributed by atoms with van der Waals surface area (Å²) in [5.74, 6) is -2.99. The number of nitrogens with one attached hydrogen (secondary N) is 1. The summed E-state index contributed by atoms with van der Waals surface area (Å²) in [7, 11) is 1.29. The second-order valence-corrected chi connectivity index (χ2v) is 9.78. The van der Waals surface area contributed by atoms with Crippen molar-refractivity contribution in [2.75, 3.05) is 23.9 Å². The number of imide groups is 1. The number of carbonyl (C=O) groups excluding carboxylic acids is 3. The van der Waals surface area contributed by atoms with E-state index in [1.807, 2.05) is 4.90 Å². The van der Waals surface area contributed by atoms with Gasteiger partial charge in [0, 0.05) is 23.7 Å². The van der Waals surface area contributed by atoms with E-state index < -0.39 is 34.1 Å². The maximum atomic E-state index is 14.1. The van der Waals surface area contributed by atoms with Crippen molar-refractivity contribution in [3.05, 3.63) is 56.6 Å². The molecule has 0 aliphatic carbocycles. The van der Waals surface area contributed by atoms with E-state index in [1.165, 1.54) is 19.2 Å². The van der Waals surface area contributed by atoms with E-state index in [9.17, 15) is 24.5 Å². The summed E-state index contributed by atoms with van der Waals surface area (Å²) in [6, 6.07) is 7.57. The van der Waals surface area contributed by atoms with Crippen molar-refractivity contribution >= 4 is 46.4 Å². The van der Waals surface area contributed by atoms with Gasteiger partial charge in [0.25, 0.3) is 5.91 Å². The minimum atomic E-state index is -1.34. The van der Waals surface area contributed by atoms with Crippen LogP contribution in [-0.2, 0) is 19.9 Å². The summed E-state index contributed by atoms with van der Waals surface area (Å²) in [5, 5.41) is 14.7. The molecule has 0 unspecified atom stereocenters. The van der Waals surface area contributed by atoms with Gasteiger partial charge in [-0.2, -0.15) is 0 Å². The number of aryl methyl sites for hydroxylation is 1. The van der Waals surface area contributed by atoms with E-state index in [0.29, 0.717) is 34.8 Å². The molecule has 4 atom stereocenters. The van der Waals surface area contributed by atoms with Crippen LogP contribution in [0.5, 0.6) is 5.75 Å². The van der Waals surface area contributed by atoms with Crippen LogP contribution in [0, 0.1) is 28.9 Å². The Kier molecular flexibility index (Phi) is 4.56. The van der Waals surface area contributed by atoms with Crippen molar-refractivity contribution in [1.29, 1.82) is 0 Å². The highest BCUT2D eigenvalue weighted by molar-refractivity contribution is 6.35. The van der Waals surface area contributed by atoms with Gasteiger partial charge in [0.1, 0.15) is 5.54 Å². The molecule has 1 N–H and O–H groups in total. The maximum absolute atomic E-state index is 14.1. The predicted octanol–water partition coefficient (Wildman–Crippen LogP) is 3.00. The van der Waals surface area contributed by atoms with Gasteiger partial charge in [-0.3, -0.25) is 29.4 Å². The number of nitrogens with zero attached hydrogens (tertiary/aromatic N) is 3. The number of benzene rings is 2. The second-order valence-electron chi connectivity index (χ2n) is 9.37. The highest BCUT2D eigenvalue weighted by Gasteiger charge is 2.74. The number of nitro groups is 1. The summed E-state index contributed by atoms with van der Waals surface area (Å²) < 4.78 is 5.19. The first-order valence-electron chi connectivity index (χ1n) is 11.3. The molecule has 0 saturated carbocycles. The van der Waals surface area contributed by atoms with Crippen molar-refractivity contribution in [1.82, 2.24) is 4.90 Å². The summed E-state index contributed by atoms with van der Waals surface area (Å²) >= 11 is 6.40. The molecular weight excluding hydrogens is 476 g/mol. The highest BCUT2D eigenvalue weighted by Crippen LogP contribution is 2.61. The maximum Gasteiger partial charge on any atom is 0.311 e. The van der Waals surface area contributed by atoms with Gasteiger partial charge in [-0.05, 0) is 37.9 Å². The standard InChI is InChI=1S/C24H21ClN4O6/c1-11-9-16(29(33)34)17(35-2)10-15(11)28-21(30)18-14-7-4-8-27(14)24(19(18)22(28)31)12-5-3-6-13(25)20(12)26-23(24)32/h3,5-6,9-10,14,18-19H,4,7-8H2,1-2H3,(H,26,32)/t14-,18-,19-,24+/m0/s1. The van der Waals surface area contributed by atoms with Crippen LogP contribution in [0.3, 0.4) is 0 Å². The molecule has 10 nitrogen and oxygen atoms in total. The normalized spacial score (nSPS) is 28.9. The SMILES string of the molecule is COc1cc(N2C(=O)[C@@H]3[C@@H](C2=O)[C@]2(C(=O)Nc4c(Cl)cccc42)N2CCC[C@@H]32)c(C)cc1[N+](=O)[O-]. The van der Waals surface area contributed by atoms with Gasteiger partial charge in [-0.25, -0.2) is 4.90 Å². The molecule has 0 aromatic heterocycles. The summed E-state index contributed by atoms with van der Waals surface area (Å²) in [4.78, 5) is 55.6. The Morgan fingerprint density at radius 3 is 2.71 bits per heavy atom. The second kappa shape index (κ2) is 7.25. The average molecular weight is 497 g/mol. The molecule has 11 heteroatoms. The third kappa shape index (κ3) is 2.55. The fourth-order valence-electron chi connectivity index (χ4n) is 6.64. The smallest absolute Gasteiger partial charge is 0.311 e. The zero-order valence-corrected chi connectivity index (χ0v) is 19.7. The molecule has 4 aliphatic rings. The van der Waals surface area contributed by atoms with Crippen molar-refractivity contribution < 1.29 is 24.0 Å². The zero-order chi connectivity index (χ0) is 24.8. The van der Waals surface area contributed by atoms with Gasteiger partial charge >= 0.3 is 5.69 Å². The van der Waals surface area contributed by atoms with Crippen LogP contribution in [0.2, 0.25) is 5.02 Å². The Balaban J connectivity index is 1.54. The first kappa shape index (κ1) is 22.0. The van der Waals surface area contributed by atoms with Gasteiger partial charge in [0.15, 0.2) is 5.75 Å². The highest BCUT2D eigenvalue weighted by atomic mass is 35.5. The molecular formula is C24H21ClN4O6. The van der Waals surface area contributed by atoms with Crippen LogP contribution in [0.4, 0.5) is 17.1 Å². The van der Waals surface area contributed by atoms with Gasteiger partial charge < -0.3 is 10.1 Å². The number of ether oxygens (including phenoxy) is 1. The number of anilines is 2. The van der Waals surface area contributed by atoms with Gasteiger partial charge in [-0.15, -0.1) is 0 Å². The van der Waals surface area contributed by atoms with Crippen LogP contribution >= 0.6 is 11.6 Å². The van der Waals surface area contributed by atoms with E-state index >= 15 is 0 Å². The average Bonchev–Trinajstić information content (AvgIpc) is 3.53. The summed E-state index contributed by atoms with van der Waals surface area (Å²) in [5.41, 5.74) is 0.0850. The molecule has 0 radical (unpaired) electrons. The Labute approximate surface area is 204 Å². The number of rotatable bonds is 3. The minimum absolute atomic E-state index is 0.0544. The van der Waals surface area contributed by atoms with Gasteiger partial charge in [-0.1, -0.05) is 23.7 Å². The van der Waals surface area contributed by atoms with Crippen LogP contribution in [0.1, 0.15) is 24.0 Å². The topological polar surface area (TPSA) is 122 Å². The number of hydrogen-bond acceptors (Lipinski definition) is 7. The van der Waals surface area contributed by atoms with Gasteiger partial charge in [0.2, 0.25) is 11.8 Å². The molecule has 3 saturated heterocycles. The zero-order valence-electron chi connectivity index (χ0n) is 18.9. The predicted molar refractivity (Wildman–Crippen MR) is 125 cm³/mol. The fraction of sp³-hybridized carbons (Fsp3) is 0.375. The van der Waals surface area contributed by atoms with Crippen molar-refractivity contribution in [3.63, 3.8) is 0 Å². The number of hydrogen-bond donors (Lipinski definition) is 1. The van der Waals surface area contributed by atoms with E-state index in [1.54, 1.807) is 25.1 Å². The van der Waals surface area contributed by atoms with Crippen LogP contribution in [-0.4, -0.2) is 47.2 Å². The number of carbonyl (C=O) groups is 3. The molecule has 4 heterocycles. The molecule has 0 bridgehead atoms. The Bertz CT molecular complexity index is 1360. The van der Waals surface area contributed by atoms with Crippen molar-refractivity contribution in [2.24, 2.45) is 11.8 Å². The first-order chi connectivity index (χ1) is 16.7. The number of halogens is 1. The molecule has 3 fully saturated rings. The van der Waals surface area contributed by atoms with Crippen LogP contribution < -0.4 is 15.0 Å². The Morgan fingerprint density at radius 1 is 1.23 bits per heavy atom. The van der Waals surface area contributed by atoms with E-state index in [2.05, 4.69) is 5.32 Å². The van der Waals surface area contributed by atoms with E-state index in [-0.39, 0.29) is 29.1 Å². The Hall–Kier alpha value is -3.50. The molecule has 2 aromatic rings. The van der Waals surface area contributed by atoms with E-state index in [4.69, 9.17) is 16.3 Å². The fourth-order valence-corrected chi connectivity index (χ4v) is 6.86. The summed E-state index contributed by atoms with van der Waals surface area (Å²) in [6.45, 7) is 2.19. The third-order valence-corrected chi connectivity index (χ3v) is 8.23. The number of amides is 3. The van der Waals surface area contributed by atoms with Crippen molar-refractivity contribution in [2.45, 2.75) is 31.3 Å². The van der Waals surface area contributed by atoms with Gasteiger partial charge in [0.05, 0.1) is 40.3 Å². The number of nitro benzene ring substituents is 1. The molecule has 6 rings (SSSR count). The number of fused-ring (bicyclic) bond motifs is 7. The Morgan fingerprint density at radius 2 is 2.00 bits per heavy atom. The quantitative estimate of drug-likeness (QED) is 0.393. The number of para-hydroxylation sites is 1. The number of methoxy groups -OCH3 is 1. The van der Waals surface area contributed by atoms with E-state index in [0.717, 1.165) is 11.3 Å². The molecule has 3 amide bonds. The summed E-state index contributed by atoms with van der Waals surface area (Å²) in [6.07, 6.45) is 1.48. The molecule has 2 aromatic carbocycles. The third-order valence-electron chi connectivity index (χ3n) is 7.91. The van der Waals surface area contributed by atoms with Crippen LogP contribution in [0.25, 0.3) is 0 Å².